The number of nitrogens with two attached hydrogens (primary N) is 1. The van der Waals surface area contributed by atoms with E-state index in [2.05, 4.69) is 22.9 Å². The maximum absolute atomic E-state index is 14.2. The first-order valence-corrected chi connectivity index (χ1v) is 24.5. The van der Waals surface area contributed by atoms with Crippen LogP contribution in [0.5, 0.6) is 11.5 Å². The van der Waals surface area contributed by atoms with Crippen LogP contribution in [0, 0.1) is 5.92 Å². The first-order valence-electron chi connectivity index (χ1n) is 24.5. The Morgan fingerprint density at radius 1 is 0.783 bits per heavy atom. The zero-order valence-electron chi connectivity index (χ0n) is 41.1. The zero-order valence-corrected chi connectivity index (χ0v) is 41.1. The van der Waals surface area contributed by atoms with Gasteiger partial charge >= 0.3 is 0 Å². The molecule has 1 aliphatic heterocycles. The van der Waals surface area contributed by atoms with Crippen LogP contribution in [-0.2, 0) is 44.8 Å². The van der Waals surface area contributed by atoms with Crippen molar-refractivity contribution in [3.63, 3.8) is 0 Å². The number of unbranched alkanes of at least 4 members (excludes halogenated alkanes) is 12. The number of carbonyl (C=O) groups excluding carboxylic acids is 8. The lowest BCUT2D eigenvalue weighted by Crippen LogP contribution is -2.53. The van der Waals surface area contributed by atoms with E-state index >= 15 is 0 Å². The number of benzene rings is 2. The molecule has 0 fully saturated rings. The third-order valence-electron chi connectivity index (χ3n) is 12.9. The Labute approximate surface area is 406 Å². The maximum Gasteiger partial charge on any atom is 0.248 e. The molecule has 0 aromatic heterocycles. The van der Waals surface area contributed by atoms with Crippen molar-refractivity contribution in [3.05, 3.63) is 47.5 Å². The number of nitrogens with one attached hydrogen (secondary N) is 3. The number of aliphatic hydroxyl groups is 2. The molecule has 2 aromatic carbocycles. The van der Waals surface area contributed by atoms with Gasteiger partial charge in [0.25, 0.3) is 0 Å². The molecule has 3 rings (SSSR count). The van der Waals surface area contributed by atoms with E-state index < -0.39 is 103 Å². The highest BCUT2D eigenvalue weighted by Crippen LogP contribution is 2.39. The highest BCUT2D eigenvalue weighted by molar-refractivity contribution is 5.97. The Bertz CT molecular complexity index is 2080. The molecule has 4 bridgehead atoms. The summed E-state index contributed by atoms with van der Waals surface area (Å²) in [7, 11) is 2.78. The predicted octanol–water partition coefficient (Wildman–Crippen LogP) is 4.02. The molecule has 9 N–H and O–H groups in total. The molecule has 1 unspecified atom stereocenters. The normalized spacial score (nSPS) is 17.3. The molecule has 18 nitrogen and oxygen atoms in total. The van der Waals surface area contributed by atoms with E-state index in [0.717, 1.165) is 24.2 Å². The van der Waals surface area contributed by atoms with Crippen LogP contribution in [0.1, 0.15) is 147 Å². The number of likely N-dealkylation sites (N-methyl/N-ethyl adjacent to an activating group) is 2. The fourth-order valence-corrected chi connectivity index (χ4v) is 8.36. The van der Waals surface area contributed by atoms with Crippen LogP contribution in [0.3, 0.4) is 0 Å². The van der Waals surface area contributed by atoms with Crippen molar-refractivity contribution in [2.75, 3.05) is 27.2 Å². The molecule has 1 aliphatic rings. The largest absolute Gasteiger partial charge is 0.507 e. The van der Waals surface area contributed by atoms with E-state index in [1.54, 1.807) is 0 Å². The van der Waals surface area contributed by atoms with Crippen molar-refractivity contribution in [1.29, 1.82) is 0 Å². The van der Waals surface area contributed by atoms with Crippen LogP contribution in [0.15, 0.2) is 36.4 Å². The number of hydrogen-bond donors (Lipinski definition) is 8. The molecule has 6 atom stereocenters. The number of hydrogen-bond acceptors (Lipinski definition) is 12. The molecule has 0 radical (unpaired) electrons. The first-order chi connectivity index (χ1) is 32.8. The molecule has 18 heteroatoms. The number of aromatic hydroxyl groups is 2. The monoisotopic (exact) mass is 965 g/mol. The molecule has 69 heavy (non-hydrogen) atoms. The summed E-state index contributed by atoms with van der Waals surface area (Å²) in [5, 5.41) is 49.4. The number of primary amides is 1. The summed E-state index contributed by atoms with van der Waals surface area (Å²) in [6, 6.07) is 3.43. The molecule has 0 saturated carbocycles. The van der Waals surface area contributed by atoms with Crippen LogP contribution in [-0.4, -0.2) is 129 Å². The van der Waals surface area contributed by atoms with Gasteiger partial charge in [0.1, 0.15) is 35.7 Å². The minimum absolute atomic E-state index is 0.0816. The van der Waals surface area contributed by atoms with Gasteiger partial charge in [-0.15, -0.1) is 0 Å². The molecular weight excluding hydrogens is 889 g/mol. The Balaban J connectivity index is 1.65. The second-order valence-electron chi connectivity index (χ2n) is 18.4. The van der Waals surface area contributed by atoms with Crippen molar-refractivity contribution >= 4 is 47.0 Å². The average Bonchev–Trinajstić information content (AvgIpc) is 3.31. The highest BCUT2D eigenvalue weighted by atomic mass is 16.3. The summed E-state index contributed by atoms with van der Waals surface area (Å²) >= 11 is 0. The van der Waals surface area contributed by atoms with E-state index in [9.17, 15) is 58.8 Å². The topological polar surface area (TPSA) is 286 Å². The number of fused-ring (bicyclic) bond motifs is 5. The van der Waals surface area contributed by atoms with Crippen molar-refractivity contribution in [3.8, 4) is 22.6 Å². The van der Waals surface area contributed by atoms with E-state index in [-0.39, 0.29) is 53.4 Å². The van der Waals surface area contributed by atoms with Crippen LogP contribution in [0.4, 0.5) is 0 Å². The molecule has 382 valence electrons. The number of phenolic OH excluding ortho intramolecular Hbond substituents is 2. The standard InChI is InChI=1S/C51H76N6O12/c1-6-7-8-9-10-11-12-13-14-15-16-17-18-19-45(64)56(4)39(31-58)51(69)54-33(3)40(59)24-25-46(65)57(5)47-35-21-23-42(61)37(29-35)36-27-34(20-22-41(36)60)28-38(50(68)53-30-44(63)48(52)66)55-49(67)32(2)26-43(47)62/h20-23,27,29,32-33,38-39,44,47,58,60-61,63H,6-19,24-26,28,30-31H2,1-5H3,(H2,52,66)(H,53,68)(H,54,69)(H,55,67)/t32-,33-,38+,39-,44?,47+/m1/s1. The third kappa shape index (κ3) is 18.2. The fourth-order valence-electron chi connectivity index (χ4n) is 8.36. The van der Waals surface area contributed by atoms with Crippen molar-refractivity contribution in [2.45, 2.75) is 167 Å². The predicted molar refractivity (Wildman–Crippen MR) is 259 cm³/mol. The molecule has 0 aliphatic carbocycles. The van der Waals surface area contributed by atoms with Crippen LogP contribution >= 0.6 is 0 Å². The summed E-state index contributed by atoms with van der Waals surface area (Å²) in [5.74, 6) is -7.02. The lowest BCUT2D eigenvalue weighted by molar-refractivity contribution is -0.142. The molecule has 0 saturated heterocycles. The van der Waals surface area contributed by atoms with Gasteiger partial charge in [-0.1, -0.05) is 103 Å². The maximum atomic E-state index is 14.2. The smallest absolute Gasteiger partial charge is 0.248 e. The van der Waals surface area contributed by atoms with E-state index in [0.29, 0.717) is 12.0 Å². The Morgan fingerprint density at radius 3 is 1.93 bits per heavy atom. The number of rotatable bonds is 27. The Kier molecular flexibility index (Phi) is 24.3. The number of phenols is 2. The minimum atomic E-state index is -1.70. The lowest BCUT2D eigenvalue weighted by Gasteiger charge is -2.30. The molecule has 1 heterocycles. The lowest BCUT2D eigenvalue weighted by atomic mass is 9.89. The summed E-state index contributed by atoms with van der Waals surface area (Å²) < 4.78 is 0. The third-order valence-corrected chi connectivity index (χ3v) is 12.9. The van der Waals surface area contributed by atoms with Gasteiger partial charge < -0.3 is 51.9 Å². The summed E-state index contributed by atoms with van der Waals surface area (Å²) in [6.07, 6.45) is 12.3. The Morgan fingerprint density at radius 2 is 1.35 bits per heavy atom. The second kappa shape index (κ2) is 29.2. The number of Topliss-reactive ketones (excluding diaryl/α,β-unsaturated/α-hetero) is 2. The Hall–Kier alpha value is -5.88. The van der Waals surface area contributed by atoms with Gasteiger partial charge in [0.05, 0.1) is 19.2 Å². The quantitative estimate of drug-likeness (QED) is 0.0590. The average molecular weight is 965 g/mol. The second-order valence-corrected chi connectivity index (χ2v) is 18.4. The number of carbonyl (C=O) groups is 8. The van der Waals surface area contributed by atoms with E-state index in [4.69, 9.17) is 5.73 Å². The number of nitrogens with zero attached hydrogens (tertiary/aromatic N) is 2. The molecular formula is C51H76N6O12. The summed E-state index contributed by atoms with van der Waals surface area (Å²) in [6.45, 7) is 3.88. The van der Waals surface area contributed by atoms with E-state index in [1.807, 2.05) is 0 Å². The minimum Gasteiger partial charge on any atom is -0.507 e. The first kappa shape index (κ1) is 57.4. The summed E-state index contributed by atoms with van der Waals surface area (Å²) in [5.41, 5.74) is 5.94. The van der Waals surface area contributed by atoms with Gasteiger partial charge in [-0.05, 0) is 48.7 Å². The zero-order chi connectivity index (χ0) is 51.2. The van der Waals surface area contributed by atoms with Crippen LogP contribution < -0.4 is 21.7 Å². The van der Waals surface area contributed by atoms with Gasteiger partial charge in [0, 0.05) is 63.2 Å². The SMILES string of the molecule is CCCCCCCCCCCCCCCC(=O)N(C)[C@H](CO)C(=O)N[C@H](C)C(=O)CCC(=O)N(C)[C@@H]1C(=O)C[C@@H](C)C(=O)N[C@H](C(=O)NCC(O)C(N)=O)Cc2ccc(O)c(c2)-c2cc1ccc2O. The van der Waals surface area contributed by atoms with Crippen molar-refractivity contribution < 1.29 is 58.8 Å². The molecule has 2 aromatic rings. The van der Waals surface area contributed by atoms with E-state index in [1.165, 1.54) is 127 Å². The highest BCUT2D eigenvalue weighted by Gasteiger charge is 2.34. The number of ketones is 2. The number of aliphatic hydroxyl groups excluding tert-OH is 2. The number of amides is 6. The molecule has 6 amide bonds. The van der Waals surface area contributed by atoms with Crippen molar-refractivity contribution in [2.24, 2.45) is 11.7 Å². The van der Waals surface area contributed by atoms with Crippen LogP contribution in [0.2, 0.25) is 0 Å². The van der Waals surface area contributed by atoms with Gasteiger partial charge in [0.15, 0.2) is 11.6 Å². The van der Waals surface area contributed by atoms with Crippen molar-refractivity contribution in [1.82, 2.24) is 25.8 Å². The summed E-state index contributed by atoms with van der Waals surface area (Å²) in [4.78, 5) is 108. The van der Waals surface area contributed by atoms with Crippen LogP contribution in [0.25, 0.3) is 11.1 Å². The fraction of sp³-hybridized carbons (Fsp3) is 0.608. The van der Waals surface area contributed by atoms with Gasteiger partial charge in [-0.2, -0.15) is 0 Å². The van der Waals surface area contributed by atoms with Gasteiger partial charge in [-0.3, -0.25) is 38.4 Å². The van der Waals surface area contributed by atoms with Gasteiger partial charge in [-0.25, -0.2) is 0 Å². The molecule has 0 spiro atoms. The van der Waals surface area contributed by atoms with Gasteiger partial charge in [0.2, 0.25) is 35.4 Å².